The SMILES string of the molecule is COC(=O)c1ccc(C(=O)N2CCN(c3ccc(C(F)(F)F)cc3[N+](=O)[O-])CC2)cc1. The first-order valence-corrected chi connectivity index (χ1v) is 9.20. The van der Waals surface area contributed by atoms with Crippen LogP contribution in [-0.2, 0) is 10.9 Å². The van der Waals surface area contributed by atoms with E-state index in [0.29, 0.717) is 17.2 Å². The highest BCUT2D eigenvalue weighted by Crippen LogP contribution is 2.36. The molecule has 3 rings (SSSR count). The number of nitrogens with zero attached hydrogens (tertiary/aromatic N) is 3. The van der Waals surface area contributed by atoms with Gasteiger partial charge in [-0.25, -0.2) is 4.79 Å². The number of esters is 1. The Morgan fingerprint density at radius 2 is 1.58 bits per heavy atom. The molecule has 1 amide bonds. The number of ether oxygens (including phenoxy) is 1. The minimum absolute atomic E-state index is 0.0764. The second kappa shape index (κ2) is 8.62. The zero-order valence-electron chi connectivity index (χ0n) is 16.4. The fraction of sp³-hybridized carbons (Fsp3) is 0.300. The van der Waals surface area contributed by atoms with E-state index in [2.05, 4.69) is 4.74 Å². The Morgan fingerprint density at radius 1 is 1.00 bits per heavy atom. The average molecular weight is 437 g/mol. The van der Waals surface area contributed by atoms with Gasteiger partial charge in [0.2, 0.25) is 0 Å². The van der Waals surface area contributed by atoms with Crippen molar-refractivity contribution in [3.63, 3.8) is 0 Å². The van der Waals surface area contributed by atoms with Gasteiger partial charge in [-0.1, -0.05) is 0 Å². The third-order valence-corrected chi connectivity index (χ3v) is 4.96. The number of hydrogen-bond acceptors (Lipinski definition) is 6. The van der Waals surface area contributed by atoms with Gasteiger partial charge in [0.05, 0.1) is 23.2 Å². The highest BCUT2D eigenvalue weighted by atomic mass is 19.4. The molecule has 0 aliphatic carbocycles. The van der Waals surface area contributed by atoms with E-state index in [1.165, 1.54) is 31.4 Å². The predicted octanol–water partition coefficient (Wildman–Crippen LogP) is 3.36. The van der Waals surface area contributed by atoms with E-state index in [4.69, 9.17) is 0 Å². The van der Waals surface area contributed by atoms with Gasteiger partial charge in [0.1, 0.15) is 5.69 Å². The molecule has 0 aromatic heterocycles. The number of halogens is 3. The monoisotopic (exact) mass is 437 g/mol. The van der Waals surface area contributed by atoms with E-state index >= 15 is 0 Å². The summed E-state index contributed by atoms with van der Waals surface area (Å²) in [6.45, 7) is 0.905. The molecular formula is C20H18F3N3O5. The Hall–Kier alpha value is -3.63. The molecule has 0 atom stereocenters. The van der Waals surface area contributed by atoms with Crippen LogP contribution in [0.3, 0.4) is 0 Å². The molecule has 8 nitrogen and oxygen atoms in total. The summed E-state index contributed by atoms with van der Waals surface area (Å²) in [6.07, 6.45) is -4.68. The maximum Gasteiger partial charge on any atom is 0.416 e. The molecule has 0 bridgehead atoms. The smallest absolute Gasteiger partial charge is 0.416 e. The van der Waals surface area contributed by atoms with Crippen molar-refractivity contribution in [1.82, 2.24) is 4.90 Å². The lowest BCUT2D eigenvalue weighted by atomic mass is 10.1. The highest BCUT2D eigenvalue weighted by molar-refractivity contribution is 5.96. The van der Waals surface area contributed by atoms with Crippen LogP contribution >= 0.6 is 0 Å². The molecule has 2 aromatic rings. The summed E-state index contributed by atoms with van der Waals surface area (Å²) in [6, 6.07) is 8.37. The number of carbonyl (C=O) groups is 2. The second-order valence-electron chi connectivity index (χ2n) is 6.81. The van der Waals surface area contributed by atoms with Crippen molar-refractivity contribution >= 4 is 23.3 Å². The van der Waals surface area contributed by atoms with Crippen LogP contribution in [0.25, 0.3) is 0 Å². The number of alkyl halides is 3. The van der Waals surface area contributed by atoms with Crippen molar-refractivity contribution in [3.05, 3.63) is 69.3 Å². The molecule has 0 N–H and O–H groups in total. The average Bonchev–Trinajstić information content (AvgIpc) is 2.77. The fourth-order valence-electron chi connectivity index (χ4n) is 3.31. The third kappa shape index (κ3) is 4.76. The van der Waals surface area contributed by atoms with Gasteiger partial charge in [0.15, 0.2) is 0 Å². The highest BCUT2D eigenvalue weighted by Gasteiger charge is 2.34. The molecule has 0 spiro atoms. The first kappa shape index (κ1) is 22.1. The molecule has 2 aromatic carbocycles. The van der Waals surface area contributed by atoms with Crippen LogP contribution < -0.4 is 4.90 Å². The molecule has 0 unspecified atom stereocenters. The number of piperazine rings is 1. The van der Waals surface area contributed by atoms with Crippen molar-refractivity contribution in [3.8, 4) is 0 Å². The standard InChI is InChI=1S/C20H18F3N3O5/c1-31-19(28)14-4-2-13(3-5-14)18(27)25-10-8-24(9-11-25)16-7-6-15(20(21,22)23)12-17(16)26(29)30/h2-7,12H,8-11H2,1H3. The van der Waals surface area contributed by atoms with Gasteiger partial charge < -0.3 is 14.5 Å². The number of anilines is 1. The minimum Gasteiger partial charge on any atom is -0.465 e. The van der Waals surface area contributed by atoms with Gasteiger partial charge in [-0.15, -0.1) is 0 Å². The lowest BCUT2D eigenvalue weighted by Crippen LogP contribution is -2.49. The van der Waals surface area contributed by atoms with Crippen LogP contribution in [0.15, 0.2) is 42.5 Å². The molecule has 31 heavy (non-hydrogen) atoms. The van der Waals surface area contributed by atoms with Crippen molar-refractivity contribution in [2.24, 2.45) is 0 Å². The zero-order valence-corrected chi connectivity index (χ0v) is 16.4. The molecule has 0 radical (unpaired) electrons. The Bertz CT molecular complexity index is 1000. The lowest BCUT2D eigenvalue weighted by Gasteiger charge is -2.36. The van der Waals surface area contributed by atoms with E-state index in [-0.39, 0.29) is 37.8 Å². The zero-order chi connectivity index (χ0) is 22.8. The molecular weight excluding hydrogens is 419 g/mol. The van der Waals surface area contributed by atoms with Crippen molar-refractivity contribution < 1.29 is 32.4 Å². The van der Waals surface area contributed by atoms with E-state index in [1.807, 2.05) is 0 Å². The summed E-state index contributed by atoms with van der Waals surface area (Å²) in [5.41, 5.74) is -0.979. The van der Waals surface area contributed by atoms with E-state index in [0.717, 1.165) is 12.1 Å². The molecule has 1 aliphatic rings. The van der Waals surface area contributed by atoms with E-state index in [9.17, 15) is 32.9 Å². The quantitative estimate of drug-likeness (QED) is 0.414. The molecule has 1 saturated heterocycles. The first-order valence-electron chi connectivity index (χ1n) is 9.20. The van der Waals surface area contributed by atoms with Gasteiger partial charge in [-0.05, 0) is 36.4 Å². The Balaban J connectivity index is 1.71. The Kier molecular flexibility index (Phi) is 6.14. The molecule has 11 heteroatoms. The summed E-state index contributed by atoms with van der Waals surface area (Å²) >= 11 is 0. The van der Waals surface area contributed by atoms with Crippen LogP contribution in [0.2, 0.25) is 0 Å². The predicted molar refractivity (Wildman–Crippen MR) is 104 cm³/mol. The van der Waals surface area contributed by atoms with Crippen LogP contribution in [0.5, 0.6) is 0 Å². The number of amides is 1. The van der Waals surface area contributed by atoms with Crippen LogP contribution in [0, 0.1) is 10.1 Å². The molecule has 1 heterocycles. The van der Waals surface area contributed by atoms with Crippen molar-refractivity contribution in [1.29, 1.82) is 0 Å². The third-order valence-electron chi connectivity index (χ3n) is 4.96. The van der Waals surface area contributed by atoms with Crippen LogP contribution in [0.1, 0.15) is 26.3 Å². The van der Waals surface area contributed by atoms with Gasteiger partial charge >= 0.3 is 12.1 Å². The molecule has 1 fully saturated rings. The summed E-state index contributed by atoms with van der Waals surface area (Å²) in [5, 5.41) is 11.3. The normalized spacial score (nSPS) is 14.3. The Labute approximate surface area is 175 Å². The van der Waals surface area contributed by atoms with Gasteiger partial charge in [0.25, 0.3) is 11.6 Å². The van der Waals surface area contributed by atoms with E-state index in [1.54, 1.807) is 9.80 Å². The maximum absolute atomic E-state index is 12.9. The van der Waals surface area contributed by atoms with Crippen molar-refractivity contribution in [2.75, 3.05) is 38.2 Å². The second-order valence-corrected chi connectivity index (χ2v) is 6.81. The minimum atomic E-state index is -4.68. The summed E-state index contributed by atoms with van der Waals surface area (Å²) in [7, 11) is 1.25. The number of methoxy groups -OCH3 is 1. The number of carbonyl (C=O) groups excluding carboxylic acids is 2. The van der Waals surface area contributed by atoms with E-state index < -0.39 is 28.3 Å². The topological polar surface area (TPSA) is 93.0 Å². The Morgan fingerprint density at radius 3 is 2.10 bits per heavy atom. The number of nitro benzene ring substituents is 1. The number of benzene rings is 2. The first-order chi connectivity index (χ1) is 14.6. The van der Waals surface area contributed by atoms with Gasteiger partial charge in [-0.2, -0.15) is 13.2 Å². The summed E-state index contributed by atoms with van der Waals surface area (Å²) in [4.78, 5) is 37.8. The summed E-state index contributed by atoms with van der Waals surface area (Å²) < 4.78 is 43.3. The lowest BCUT2D eigenvalue weighted by molar-refractivity contribution is -0.384. The van der Waals surface area contributed by atoms with Crippen LogP contribution in [-0.4, -0.2) is 55.0 Å². The van der Waals surface area contributed by atoms with Gasteiger partial charge in [-0.3, -0.25) is 14.9 Å². The number of rotatable bonds is 4. The van der Waals surface area contributed by atoms with Crippen molar-refractivity contribution in [2.45, 2.75) is 6.18 Å². The number of nitro groups is 1. The molecule has 0 saturated carbocycles. The number of hydrogen-bond donors (Lipinski definition) is 0. The van der Waals surface area contributed by atoms with Gasteiger partial charge in [0, 0.05) is 37.8 Å². The van der Waals surface area contributed by atoms with Crippen LogP contribution in [0.4, 0.5) is 24.5 Å². The summed E-state index contributed by atoms with van der Waals surface area (Å²) in [5.74, 6) is -0.802. The molecule has 1 aliphatic heterocycles. The maximum atomic E-state index is 12.9. The molecule has 164 valence electrons. The largest absolute Gasteiger partial charge is 0.465 e. The fourth-order valence-corrected chi connectivity index (χ4v) is 3.31.